The van der Waals surface area contributed by atoms with Gasteiger partial charge in [-0.05, 0) is 36.5 Å². The second kappa shape index (κ2) is 4.26. The van der Waals surface area contributed by atoms with E-state index in [4.69, 9.17) is 5.73 Å². The van der Waals surface area contributed by atoms with Gasteiger partial charge in [0.2, 0.25) is 0 Å². The first-order chi connectivity index (χ1) is 7.61. The van der Waals surface area contributed by atoms with E-state index >= 15 is 0 Å². The highest BCUT2D eigenvalue weighted by molar-refractivity contribution is 5.75. The fourth-order valence-electron chi connectivity index (χ4n) is 1.89. The summed E-state index contributed by atoms with van der Waals surface area (Å²) < 4.78 is 0. The highest BCUT2D eigenvalue weighted by atomic mass is 14.7. The first-order valence-electron chi connectivity index (χ1n) is 5.88. The predicted octanol–water partition coefficient (Wildman–Crippen LogP) is 3.31. The number of benzene rings is 1. The molecule has 1 aliphatic rings. The zero-order chi connectivity index (χ0) is 11.6. The summed E-state index contributed by atoms with van der Waals surface area (Å²) in [4.78, 5) is 0. The van der Waals surface area contributed by atoms with Crippen molar-refractivity contribution in [1.29, 1.82) is 0 Å². The Morgan fingerprint density at radius 3 is 2.44 bits per heavy atom. The molecule has 0 amide bonds. The Morgan fingerprint density at radius 2 is 1.94 bits per heavy atom. The average molecular weight is 213 g/mol. The molecule has 1 nitrogen and oxygen atoms in total. The third-order valence-electron chi connectivity index (χ3n) is 3.10. The summed E-state index contributed by atoms with van der Waals surface area (Å²) in [6, 6.07) is 8.77. The molecule has 0 bridgehead atoms. The van der Waals surface area contributed by atoms with Gasteiger partial charge >= 0.3 is 0 Å². The van der Waals surface area contributed by atoms with Crippen LogP contribution in [0.5, 0.6) is 0 Å². The largest absolute Gasteiger partial charge is 0.322 e. The fourth-order valence-corrected chi connectivity index (χ4v) is 1.89. The van der Waals surface area contributed by atoms with Crippen molar-refractivity contribution in [2.24, 2.45) is 5.73 Å². The molecule has 0 aliphatic heterocycles. The van der Waals surface area contributed by atoms with Crippen molar-refractivity contribution in [3.63, 3.8) is 0 Å². The molecule has 2 rings (SSSR count). The van der Waals surface area contributed by atoms with Crippen LogP contribution >= 0.6 is 0 Å². The summed E-state index contributed by atoms with van der Waals surface area (Å²) in [5.41, 5.74) is 9.81. The molecule has 1 heteroatoms. The monoisotopic (exact) mass is 213 g/mol. The standard InChI is InChI=1S/C15H19N/c1-3-12-4-6-13(7-5-12)14-8-10-15(2,16)11-9-14/h4-10H,3,11,16H2,1-2H3. The van der Waals surface area contributed by atoms with Gasteiger partial charge in [-0.15, -0.1) is 0 Å². The molecule has 0 fully saturated rings. The molecular weight excluding hydrogens is 194 g/mol. The summed E-state index contributed by atoms with van der Waals surface area (Å²) in [6.45, 7) is 4.23. The van der Waals surface area contributed by atoms with Crippen molar-refractivity contribution in [3.05, 3.63) is 53.6 Å². The van der Waals surface area contributed by atoms with Crippen LogP contribution in [0, 0.1) is 0 Å². The van der Waals surface area contributed by atoms with E-state index in [0.717, 1.165) is 12.8 Å². The number of rotatable bonds is 2. The number of nitrogens with two attached hydrogens (primary N) is 1. The second-order valence-corrected chi connectivity index (χ2v) is 4.75. The lowest BCUT2D eigenvalue weighted by Crippen LogP contribution is -2.33. The van der Waals surface area contributed by atoms with E-state index in [9.17, 15) is 0 Å². The molecule has 16 heavy (non-hydrogen) atoms. The maximum atomic E-state index is 6.03. The van der Waals surface area contributed by atoms with Crippen LogP contribution in [0.4, 0.5) is 0 Å². The van der Waals surface area contributed by atoms with Gasteiger partial charge in [-0.2, -0.15) is 0 Å². The summed E-state index contributed by atoms with van der Waals surface area (Å²) in [6.07, 6.45) is 8.45. The van der Waals surface area contributed by atoms with Crippen LogP contribution in [0.2, 0.25) is 0 Å². The van der Waals surface area contributed by atoms with Gasteiger partial charge in [0.1, 0.15) is 0 Å². The van der Waals surface area contributed by atoms with E-state index in [1.54, 1.807) is 0 Å². The molecule has 1 aromatic rings. The van der Waals surface area contributed by atoms with E-state index in [1.807, 2.05) is 0 Å². The Hall–Kier alpha value is -1.34. The van der Waals surface area contributed by atoms with E-state index in [0.29, 0.717) is 0 Å². The minimum atomic E-state index is -0.174. The van der Waals surface area contributed by atoms with Gasteiger partial charge in [-0.25, -0.2) is 0 Å². The molecule has 0 heterocycles. The Morgan fingerprint density at radius 1 is 1.25 bits per heavy atom. The third-order valence-corrected chi connectivity index (χ3v) is 3.10. The average Bonchev–Trinajstić information content (AvgIpc) is 2.29. The molecule has 1 aliphatic carbocycles. The normalized spacial score (nSPS) is 24.3. The summed E-state index contributed by atoms with van der Waals surface area (Å²) in [7, 11) is 0. The highest BCUT2D eigenvalue weighted by Crippen LogP contribution is 2.25. The lowest BCUT2D eigenvalue weighted by molar-refractivity contribution is 0.591. The van der Waals surface area contributed by atoms with Gasteiger partial charge in [-0.3, -0.25) is 0 Å². The maximum Gasteiger partial charge on any atom is 0.0348 e. The van der Waals surface area contributed by atoms with Crippen molar-refractivity contribution in [3.8, 4) is 0 Å². The molecule has 0 radical (unpaired) electrons. The van der Waals surface area contributed by atoms with Crippen molar-refractivity contribution < 1.29 is 0 Å². The van der Waals surface area contributed by atoms with Gasteiger partial charge in [-0.1, -0.05) is 49.4 Å². The van der Waals surface area contributed by atoms with Crippen LogP contribution < -0.4 is 5.73 Å². The number of hydrogen-bond donors (Lipinski definition) is 1. The number of allylic oxidation sites excluding steroid dienone is 2. The molecule has 0 spiro atoms. The van der Waals surface area contributed by atoms with Crippen LogP contribution in [0.15, 0.2) is 42.5 Å². The molecule has 1 unspecified atom stereocenters. The van der Waals surface area contributed by atoms with Gasteiger partial charge in [0.05, 0.1) is 0 Å². The van der Waals surface area contributed by atoms with Gasteiger partial charge in [0.25, 0.3) is 0 Å². The SMILES string of the molecule is CCc1ccc(C2=CCC(C)(N)C=C2)cc1. The van der Waals surface area contributed by atoms with Gasteiger partial charge in [0, 0.05) is 5.54 Å². The highest BCUT2D eigenvalue weighted by Gasteiger charge is 2.16. The lowest BCUT2D eigenvalue weighted by Gasteiger charge is -2.22. The van der Waals surface area contributed by atoms with E-state index in [1.165, 1.54) is 16.7 Å². The summed E-state index contributed by atoms with van der Waals surface area (Å²) in [5.74, 6) is 0. The van der Waals surface area contributed by atoms with E-state index in [-0.39, 0.29) is 5.54 Å². The smallest absolute Gasteiger partial charge is 0.0348 e. The summed E-state index contributed by atoms with van der Waals surface area (Å²) in [5, 5.41) is 0. The predicted molar refractivity (Wildman–Crippen MR) is 70.1 cm³/mol. The zero-order valence-electron chi connectivity index (χ0n) is 10.0. The number of aryl methyl sites for hydroxylation is 1. The van der Waals surface area contributed by atoms with Crippen LogP contribution in [-0.2, 0) is 6.42 Å². The van der Waals surface area contributed by atoms with Gasteiger partial charge in [0.15, 0.2) is 0 Å². The Bertz CT molecular complexity index is 421. The van der Waals surface area contributed by atoms with Crippen molar-refractivity contribution in [1.82, 2.24) is 0 Å². The molecule has 0 aromatic heterocycles. The Balaban J connectivity index is 2.20. The van der Waals surface area contributed by atoms with E-state index < -0.39 is 0 Å². The van der Waals surface area contributed by atoms with Crippen LogP contribution in [-0.4, -0.2) is 5.54 Å². The molecule has 0 saturated heterocycles. The minimum absolute atomic E-state index is 0.174. The second-order valence-electron chi connectivity index (χ2n) is 4.75. The first-order valence-corrected chi connectivity index (χ1v) is 5.88. The van der Waals surface area contributed by atoms with Crippen molar-refractivity contribution >= 4 is 5.57 Å². The quantitative estimate of drug-likeness (QED) is 0.801. The van der Waals surface area contributed by atoms with Crippen LogP contribution in [0.1, 0.15) is 31.4 Å². The Kier molecular flexibility index (Phi) is 2.97. The maximum absolute atomic E-state index is 6.03. The molecule has 1 aromatic carbocycles. The zero-order valence-corrected chi connectivity index (χ0v) is 10.0. The Labute approximate surface area is 97.7 Å². The third kappa shape index (κ3) is 2.42. The topological polar surface area (TPSA) is 26.0 Å². The lowest BCUT2D eigenvalue weighted by atomic mass is 9.89. The molecule has 84 valence electrons. The van der Waals surface area contributed by atoms with Crippen LogP contribution in [0.25, 0.3) is 5.57 Å². The van der Waals surface area contributed by atoms with Gasteiger partial charge < -0.3 is 5.73 Å². The fraction of sp³-hybridized carbons (Fsp3) is 0.333. The van der Waals surface area contributed by atoms with Crippen LogP contribution in [0.3, 0.4) is 0 Å². The van der Waals surface area contributed by atoms with Crippen molar-refractivity contribution in [2.45, 2.75) is 32.2 Å². The molecule has 0 saturated carbocycles. The summed E-state index contributed by atoms with van der Waals surface area (Å²) >= 11 is 0. The van der Waals surface area contributed by atoms with E-state index in [2.05, 4.69) is 56.3 Å². The molecule has 1 atom stereocenters. The number of hydrogen-bond acceptors (Lipinski definition) is 1. The minimum Gasteiger partial charge on any atom is -0.322 e. The first kappa shape index (κ1) is 11.2. The molecule has 2 N–H and O–H groups in total. The van der Waals surface area contributed by atoms with Crippen molar-refractivity contribution in [2.75, 3.05) is 0 Å². The molecular formula is C15H19N.